The molecule has 1 aromatic heterocycles. The summed E-state index contributed by atoms with van der Waals surface area (Å²) in [5.41, 5.74) is 1.17. The van der Waals surface area contributed by atoms with E-state index in [1.54, 1.807) is 6.20 Å². The van der Waals surface area contributed by atoms with E-state index in [9.17, 15) is 9.18 Å². The Hall–Kier alpha value is -2.72. The van der Waals surface area contributed by atoms with Crippen LogP contribution in [0.25, 0.3) is 10.8 Å². The lowest BCUT2D eigenvalue weighted by molar-refractivity contribution is -0.132. The molecule has 1 aromatic carbocycles. The fourth-order valence-corrected chi connectivity index (χ4v) is 4.43. The highest BCUT2D eigenvalue weighted by Gasteiger charge is 2.36. The maximum Gasteiger partial charge on any atom is 0.237 e. The van der Waals surface area contributed by atoms with Gasteiger partial charge in [0.1, 0.15) is 12.2 Å². The predicted octanol–water partition coefficient (Wildman–Crippen LogP) is 2.60. The molecule has 0 unspecified atom stereocenters. The molecule has 6 nitrogen and oxygen atoms in total. The van der Waals surface area contributed by atoms with Crippen molar-refractivity contribution in [2.75, 3.05) is 38.1 Å². The second kappa shape index (κ2) is 8.34. The molecular formula is C22H26FN5O. The van der Waals surface area contributed by atoms with Crippen LogP contribution in [0.4, 0.5) is 10.1 Å². The molecule has 2 fully saturated rings. The van der Waals surface area contributed by atoms with Crippen molar-refractivity contribution < 1.29 is 9.18 Å². The lowest BCUT2D eigenvalue weighted by atomic mass is 10.0. The number of alkyl halides is 1. The molecule has 7 heteroatoms. The van der Waals surface area contributed by atoms with E-state index in [0.717, 1.165) is 31.3 Å². The summed E-state index contributed by atoms with van der Waals surface area (Å²) in [4.78, 5) is 22.6. The monoisotopic (exact) mass is 395 g/mol. The number of aromatic nitrogens is 1. The van der Waals surface area contributed by atoms with Crippen LogP contribution in [0, 0.1) is 11.3 Å². The van der Waals surface area contributed by atoms with Gasteiger partial charge < -0.3 is 9.80 Å². The molecule has 0 aliphatic carbocycles. The number of pyridine rings is 1. The van der Waals surface area contributed by atoms with E-state index >= 15 is 0 Å². The Morgan fingerprint density at radius 1 is 1.31 bits per heavy atom. The van der Waals surface area contributed by atoms with Crippen molar-refractivity contribution in [3.05, 3.63) is 36.7 Å². The van der Waals surface area contributed by atoms with Crippen LogP contribution in [0.15, 0.2) is 36.7 Å². The van der Waals surface area contributed by atoms with Crippen molar-refractivity contribution in [2.45, 2.75) is 37.5 Å². The smallest absolute Gasteiger partial charge is 0.237 e. The van der Waals surface area contributed by atoms with Crippen molar-refractivity contribution in [2.24, 2.45) is 0 Å². The van der Waals surface area contributed by atoms with Gasteiger partial charge in [-0.15, -0.1) is 0 Å². The maximum absolute atomic E-state index is 13.6. The minimum absolute atomic E-state index is 0.0487. The molecule has 1 amide bonds. The molecule has 2 saturated heterocycles. The summed E-state index contributed by atoms with van der Waals surface area (Å²) in [6, 6.07) is 10.3. The van der Waals surface area contributed by atoms with Crippen molar-refractivity contribution >= 4 is 22.4 Å². The Morgan fingerprint density at radius 2 is 2.10 bits per heavy atom. The van der Waals surface area contributed by atoms with Gasteiger partial charge >= 0.3 is 0 Å². The first kappa shape index (κ1) is 19.6. The zero-order valence-electron chi connectivity index (χ0n) is 16.7. The van der Waals surface area contributed by atoms with E-state index in [-0.39, 0.29) is 25.4 Å². The number of halogens is 1. The Labute approximate surface area is 170 Å². The average molecular weight is 395 g/mol. The first-order chi connectivity index (χ1) is 14.0. The van der Waals surface area contributed by atoms with Gasteiger partial charge in [0.2, 0.25) is 5.91 Å². The highest BCUT2D eigenvalue weighted by Crippen LogP contribution is 2.26. The van der Waals surface area contributed by atoms with Crippen LogP contribution in [-0.2, 0) is 4.79 Å². The Bertz CT molecular complexity index is 921. The number of amides is 1. The Balaban J connectivity index is 1.33. The molecule has 0 radical (unpaired) electrons. The van der Waals surface area contributed by atoms with E-state index in [4.69, 9.17) is 5.26 Å². The lowest BCUT2D eigenvalue weighted by Crippen LogP contribution is -2.48. The molecule has 0 N–H and O–H groups in total. The van der Waals surface area contributed by atoms with Crippen LogP contribution >= 0.6 is 0 Å². The van der Waals surface area contributed by atoms with Crippen molar-refractivity contribution in [3.8, 4) is 6.07 Å². The van der Waals surface area contributed by atoms with Crippen LogP contribution < -0.4 is 4.90 Å². The topological polar surface area (TPSA) is 63.5 Å². The second-order valence-electron chi connectivity index (χ2n) is 8.05. The van der Waals surface area contributed by atoms with Crippen LogP contribution in [0.3, 0.4) is 0 Å². The van der Waals surface area contributed by atoms with Gasteiger partial charge in [-0.3, -0.25) is 14.7 Å². The molecule has 152 valence electrons. The second-order valence-corrected chi connectivity index (χ2v) is 8.05. The SMILES string of the molecule is CN(c1ccc2ccncc2c1)C1CCN(CC(=O)N2C[C@@H](F)C[C@H]2C#N)CC1. The predicted molar refractivity (Wildman–Crippen MR) is 110 cm³/mol. The number of hydrogen-bond acceptors (Lipinski definition) is 5. The summed E-state index contributed by atoms with van der Waals surface area (Å²) in [6.07, 6.45) is 4.66. The summed E-state index contributed by atoms with van der Waals surface area (Å²) in [7, 11) is 2.12. The molecule has 2 atom stereocenters. The number of fused-ring (bicyclic) bond motifs is 1. The summed E-state index contributed by atoms with van der Waals surface area (Å²) >= 11 is 0. The molecular weight excluding hydrogens is 369 g/mol. The van der Waals surface area contributed by atoms with Gasteiger partial charge in [0, 0.05) is 56.1 Å². The van der Waals surface area contributed by atoms with Crippen LogP contribution in [0.2, 0.25) is 0 Å². The average Bonchev–Trinajstić information content (AvgIpc) is 3.14. The third kappa shape index (κ3) is 4.18. The third-order valence-electron chi connectivity index (χ3n) is 6.21. The number of nitriles is 1. The highest BCUT2D eigenvalue weighted by atomic mass is 19.1. The van der Waals surface area contributed by atoms with E-state index in [2.05, 4.69) is 46.1 Å². The molecule has 2 aliphatic rings. The van der Waals surface area contributed by atoms with Gasteiger partial charge in [0.05, 0.1) is 19.2 Å². The van der Waals surface area contributed by atoms with E-state index in [0.29, 0.717) is 6.04 Å². The van der Waals surface area contributed by atoms with E-state index in [1.165, 1.54) is 16.0 Å². The molecule has 2 aromatic rings. The van der Waals surface area contributed by atoms with Crippen LogP contribution in [0.5, 0.6) is 0 Å². The number of benzene rings is 1. The van der Waals surface area contributed by atoms with E-state index < -0.39 is 12.2 Å². The molecule has 0 saturated carbocycles. The number of rotatable bonds is 4. The van der Waals surface area contributed by atoms with E-state index in [1.807, 2.05) is 12.3 Å². The Morgan fingerprint density at radius 3 is 2.86 bits per heavy atom. The molecule has 4 rings (SSSR count). The number of likely N-dealkylation sites (tertiary alicyclic amines) is 2. The minimum atomic E-state index is -1.08. The zero-order valence-corrected chi connectivity index (χ0v) is 16.7. The highest BCUT2D eigenvalue weighted by molar-refractivity contribution is 5.85. The van der Waals surface area contributed by atoms with Crippen molar-refractivity contribution in [3.63, 3.8) is 0 Å². The number of hydrogen-bond donors (Lipinski definition) is 0. The summed E-state index contributed by atoms with van der Waals surface area (Å²) in [5, 5.41) is 11.5. The number of carbonyl (C=O) groups is 1. The first-order valence-electron chi connectivity index (χ1n) is 10.2. The standard InChI is InChI=1S/C22H26FN5O/c1-26(20-3-2-16-4-7-25-13-17(16)10-20)19-5-8-27(9-6-19)15-22(29)28-14-18(23)11-21(28)12-24/h2-4,7,10,13,18-19,21H,5-6,8-9,11,14-15H2,1H3/t18-,21-/m0/s1. The van der Waals surface area contributed by atoms with Crippen LogP contribution in [-0.4, -0.2) is 72.2 Å². The summed E-state index contributed by atoms with van der Waals surface area (Å²) in [5.74, 6) is -0.134. The number of piperidine rings is 1. The molecule has 3 heterocycles. The Kier molecular flexibility index (Phi) is 5.63. The quantitative estimate of drug-likeness (QED) is 0.796. The van der Waals surface area contributed by atoms with Gasteiger partial charge in [-0.1, -0.05) is 6.07 Å². The fourth-order valence-electron chi connectivity index (χ4n) is 4.43. The summed E-state index contributed by atoms with van der Waals surface area (Å²) in [6.45, 7) is 1.95. The van der Waals surface area contributed by atoms with Gasteiger partial charge in [-0.05, 0) is 36.4 Å². The molecule has 29 heavy (non-hydrogen) atoms. The molecule has 0 bridgehead atoms. The van der Waals surface area contributed by atoms with Gasteiger partial charge in [0.25, 0.3) is 0 Å². The van der Waals surface area contributed by atoms with Gasteiger partial charge in [-0.2, -0.15) is 5.26 Å². The zero-order chi connectivity index (χ0) is 20.4. The summed E-state index contributed by atoms with van der Waals surface area (Å²) < 4.78 is 13.6. The normalized spacial score (nSPS) is 23.3. The largest absolute Gasteiger partial charge is 0.371 e. The molecule has 2 aliphatic heterocycles. The lowest BCUT2D eigenvalue weighted by Gasteiger charge is -2.38. The maximum atomic E-state index is 13.6. The van der Waals surface area contributed by atoms with Crippen molar-refractivity contribution in [1.29, 1.82) is 5.26 Å². The van der Waals surface area contributed by atoms with Crippen LogP contribution in [0.1, 0.15) is 19.3 Å². The van der Waals surface area contributed by atoms with Crippen molar-refractivity contribution in [1.82, 2.24) is 14.8 Å². The number of nitrogens with zero attached hydrogens (tertiary/aromatic N) is 5. The van der Waals surface area contributed by atoms with Gasteiger partial charge in [-0.25, -0.2) is 4.39 Å². The number of anilines is 1. The first-order valence-corrected chi connectivity index (χ1v) is 10.2. The fraction of sp³-hybridized carbons (Fsp3) is 0.500. The minimum Gasteiger partial charge on any atom is -0.371 e. The van der Waals surface area contributed by atoms with Gasteiger partial charge in [0.15, 0.2) is 0 Å². The molecule has 0 spiro atoms. The third-order valence-corrected chi connectivity index (χ3v) is 6.21. The number of carbonyl (C=O) groups excluding carboxylic acids is 1.